The number of pyridine rings is 1. The molecular weight excluding hydrogens is 301 g/mol. The minimum absolute atomic E-state index is 0.214. The van der Waals surface area contributed by atoms with Gasteiger partial charge in [-0.25, -0.2) is 4.39 Å². The van der Waals surface area contributed by atoms with E-state index in [1.807, 2.05) is 0 Å². The lowest BCUT2D eigenvalue weighted by Gasteiger charge is -2.07. The highest BCUT2D eigenvalue weighted by Crippen LogP contribution is 2.10. The van der Waals surface area contributed by atoms with Gasteiger partial charge in [-0.15, -0.1) is 0 Å². The molecule has 0 unspecified atom stereocenters. The quantitative estimate of drug-likeness (QED) is 0.813. The Bertz CT molecular complexity index is 580. The van der Waals surface area contributed by atoms with E-state index in [9.17, 15) is 9.18 Å². The molecule has 18 heavy (non-hydrogen) atoms. The summed E-state index contributed by atoms with van der Waals surface area (Å²) in [5.74, 6) is 0.196. The van der Waals surface area contributed by atoms with Crippen molar-refractivity contribution in [1.82, 2.24) is 4.57 Å². The van der Waals surface area contributed by atoms with Gasteiger partial charge in [0, 0.05) is 23.3 Å². The van der Waals surface area contributed by atoms with Gasteiger partial charge >= 0.3 is 0 Å². The van der Waals surface area contributed by atoms with Crippen molar-refractivity contribution < 1.29 is 9.13 Å². The molecule has 1 aromatic heterocycles. The summed E-state index contributed by atoms with van der Waals surface area (Å²) in [7, 11) is 0. The number of halogens is 2. The van der Waals surface area contributed by atoms with Gasteiger partial charge in [0.15, 0.2) is 0 Å². The number of ether oxygens (including phenoxy) is 1. The van der Waals surface area contributed by atoms with Gasteiger partial charge in [0.1, 0.15) is 11.6 Å². The topological polar surface area (TPSA) is 31.2 Å². The van der Waals surface area contributed by atoms with Crippen molar-refractivity contribution in [1.29, 1.82) is 0 Å². The fraction of sp³-hybridized carbons (Fsp3) is 0.154. The molecule has 0 aliphatic heterocycles. The number of nitrogens with zero attached hydrogens (tertiary/aromatic N) is 1. The van der Waals surface area contributed by atoms with Crippen molar-refractivity contribution in [2.24, 2.45) is 0 Å². The maximum atomic E-state index is 12.8. The number of rotatable bonds is 4. The summed E-state index contributed by atoms with van der Waals surface area (Å²) in [6.07, 6.45) is 1.61. The highest BCUT2D eigenvalue weighted by Gasteiger charge is 2.02. The minimum Gasteiger partial charge on any atom is -0.492 e. The lowest BCUT2D eigenvalue weighted by Crippen LogP contribution is -2.16. The van der Waals surface area contributed by atoms with E-state index < -0.39 is 0 Å². The third kappa shape index (κ3) is 2.98. The zero-order valence-corrected chi connectivity index (χ0v) is 11.1. The molecular formula is C13H11BrFNO2. The van der Waals surface area contributed by atoms with Crippen molar-refractivity contribution in [3.05, 3.63) is 58.8 Å². The summed E-state index contributed by atoms with van der Waals surface area (Å²) in [6.45, 7) is 0.500. The van der Waals surface area contributed by atoms with E-state index in [4.69, 9.17) is 4.74 Å². The first kappa shape index (κ1) is 12.8. The third-order valence-electron chi connectivity index (χ3n) is 2.34. The summed E-state index contributed by atoms with van der Waals surface area (Å²) in [6, 6.07) is 8.85. The average Bonchev–Trinajstić information content (AvgIpc) is 2.38. The maximum absolute atomic E-state index is 12.8. The molecule has 0 spiro atoms. The number of hydrogen-bond acceptors (Lipinski definition) is 2. The Labute approximate surface area is 112 Å². The first-order chi connectivity index (χ1) is 8.70. The zero-order chi connectivity index (χ0) is 13.0. The van der Waals surface area contributed by atoms with Crippen LogP contribution in [0.4, 0.5) is 4.39 Å². The van der Waals surface area contributed by atoms with Gasteiger partial charge in [-0.2, -0.15) is 0 Å². The third-order valence-corrected chi connectivity index (χ3v) is 2.67. The van der Waals surface area contributed by atoms with Gasteiger partial charge in [-0.05, 0) is 30.3 Å². The molecule has 0 saturated heterocycles. The fourth-order valence-electron chi connectivity index (χ4n) is 1.52. The second kappa shape index (κ2) is 5.82. The summed E-state index contributed by atoms with van der Waals surface area (Å²) in [5.41, 5.74) is 0.405. The zero-order valence-electron chi connectivity index (χ0n) is 9.48. The van der Waals surface area contributed by atoms with Gasteiger partial charge in [-0.3, -0.25) is 9.36 Å². The van der Waals surface area contributed by atoms with Gasteiger partial charge in [-0.1, -0.05) is 15.9 Å². The Kier molecular flexibility index (Phi) is 4.15. The monoisotopic (exact) mass is 311 g/mol. The van der Waals surface area contributed by atoms with E-state index in [1.165, 1.54) is 22.8 Å². The highest BCUT2D eigenvalue weighted by molar-refractivity contribution is 9.09. The molecule has 94 valence electrons. The standard InChI is InChI=1S/C13H11BrFNO2/c14-6-8-18-12-5-7-16(13(17)9-12)11-3-1-10(15)2-4-11/h1-5,7,9H,6,8H2. The maximum Gasteiger partial charge on any atom is 0.258 e. The van der Waals surface area contributed by atoms with Crippen molar-refractivity contribution in [3.63, 3.8) is 0 Å². The molecule has 2 rings (SSSR count). The Hall–Kier alpha value is -1.62. The van der Waals surface area contributed by atoms with Crippen LogP contribution in [-0.4, -0.2) is 16.5 Å². The van der Waals surface area contributed by atoms with Gasteiger partial charge in [0.05, 0.1) is 6.61 Å². The molecule has 0 saturated carbocycles. The van der Waals surface area contributed by atoms with Crippen molar-refractivity contribution in [2.45, 2.75) is 0 Å². The molecule has 0 N–H and O–H groups in total. The molecule has 0 radical (unpaired) electrons. The molecule has 0 aliphatic carbocycles. The molecule has 3 nitrogen and oxygen atoms in total. The van der Waals surface area contributed by atoms with Crippen LogP contribution in [-0.2, 0) is 0 Å². The molecule has 0 bridgehead atoms. The summed E-state index contributed by atoms with van der Waals surface area (Å²) >= 11 is 3.24. The molecule has 1 heterocycles. The molecule has 0 atom stereocenters. The second-order valence-corrected chi connectivity index (χ2v) is 4.38. The molecule has 0 amide bonds. The number of alkyl halides is 1. The summed E-state index contributed by atoms with van der Waals surface area (Å²) in [4.78, 5) is 11.9. The van der Waals surface area contributed by atoms with Crippen LogP contribution in [0.15, 0.2) is 47.4 Å². The minimum atomic E-state index is -0.330. The fourth-order valence-corrected chi connectivity index (χ4v) is 1.68. The van der Waals surface area contributed by atoms with Crippen LogP contribution in [0.25, 0.3) is 5.69 Å². The van der Waals surface area contributed by atoms with Crippen LogP contribution in [0.1, 0.15) is 0 Å². The van der Waals surface area contributed by atoms with E-state index in [1.54, 1.807) is 24.4 Å². The Morgan fingerprint density at radius 2 is 1.94 bits per heavy atom. The Morgan fingerprint density at radius 1 is 1.22 bits per heavy atom. The van der Waals surface area contributed by atoms with Crippen LogP contribution >= 0.6 is 15.9 Å². The van der Waals surface area contributed by atoms with E-state index in [-0.39, 0.29) is 11.4 Å². The number of benzene rings is 1. The molecule has 5 heteroatoms. The lowest BCUT2D eigenvalue weighted by molar-refractivity contribution is 0.344. The largest absolute Gasteiger partial charge is 0.492 e. The smallest absolute Gasteiger partial charge is 0.258 e. The predicted molar refractivity (Wildman–Crippen MR) is 71.3 cm³/mol. The lowest BCUT2D eigenvalue weighted by atomic mass is 10.3. The van der Waals surface area contributed by atoms with Crippen molar-refractivity contribution >= 4 is 15.9 Å². The molecule has 2 aromatic rings. The van der Waals surface area contributed by atoms with Crippen LogP contribution < -0.4 is 10.3 Å². The van der Waals surface area contributed by atoms with Crippen LogP contribution in [0, 0.1) is 5.82 Å². The summed E-state index contributed by atoms with van der Waals surface area (Å²) < 4.78 is 19.6. The Balaban J connectivity index is 2.30. The Morgan fingerprint density at radius 3 is 2.56 bits per heavy atom. The van der Waals surface area contributed by atoms with E-state index >= 15 is 0 Å². The predicted octanol–water partition coefficient (Wildman–Crippen LogP) is 2.75. The molecule has 0 aliphatic rings. The van der Waals surface area contributed by atoms with Crippen molar-refractivity contribution in [2.75, 3.05) is 11.9 Å². The van der Waals surface area contributed by atoms with E-state index in [0.717, 1.165) is 0 Å². The van der Waals surface area contributed by atoms with Gasteiger partial charge in [0.25, 0.3) is 5.56 Å². The van der Waals surface area contributed by atoms with Crippen molar-refractivity contribution in [3.8, 4) is 11.4 Å². The SMILES string of the molecule is O=c1cc(OCCBr)ccn1-c1ccc(F)cc1. The normalized spacial score (nSPS) is 10.3. The number of aromatic nitrogens is 1. The average molecular weight is 312 g/mol. The first-order valence-electron chi connectivity index (χ1n) is 5.38. The first-order valence-corrected chi connectivity index (χ1v) is 6.50. The van der Waals surface area contributed by atoms with Crippen LogP contribution in [0.5, 0.6) is 5.75 Å². The van der Waals surface area contributed by atoms with E-state index in [2.05, 4.69) is 15.9 Å². The molecule has 0 fully saturated rings. The van der Waals surface area contributed by atoms with Gasteiger partial charge in [0.2, 0.25) is 0 Å². The molecule has 1 aromatic carbocycles. The van der Waals surface area contributed by atoms with E-state index in [0.29, 0.717) is 23.4 Å². The second-order valence-electron chi connectivity index (χ2n) is 3.58. The van der Waals surface area contributed by atoms with Crippen LogP contribution in [0.2, 0.25) is 0 Å². The summed E-state index contributed by atoms with van der Waals surface area (Å²) in [5, 5.41) is 0.702. The highest BCUT2D eigenvalue weighted by atomic mass is 79.9. The van der Waals surface area contributed by atoms with Crippen LogP contribution in [0.3, 0.4) is 0 Å². The number of hydrogen-bond donors (Lipinski definition) is 0. The van der Waals surface area contributed by atoms with Gasteiger partial charge < -0.3 is 4.74 Å².